The molecule has 2 nitrogen and oxygen atoms in total. The second-order valence-electron chi connectivity index (χ2n) is 2.78. The topological polar surface area (TPSA) is 21.6 Å². The van der Waals surface area contributed by atoms with Gasteiger partial charge in [-0.05, 0) is 19.8 Å². The number of hydrogen-bond donors (Lipinski definition) is 0. The minimum atomic E-state index is 1.07. The van der Waals surface area contributed by atoms with Gasteiger partial charge in [-0.1, -0.05) is 0 Å². The first kappa shape index (κ1) is 8.31. The first-order chi connectivity index (χ1) is 5.29. The Balaban J connectivity index is 2.89. The fraction of sp³-hybridized carbons (Fsp3) is 0.667. The molecule has 0 unspecified atom stereocenters. The van der Waals surface area contributed by atoms with Crippen LogP contribution in [0.3, 0.4) is 0 Å². The molecular weight excluding hydrogens is 138 g/mol. The smallest absolute Gasteiger partial charge is 0.100 e. The van der Waals surface area contributed by atoms with Gasteiger partial charge in [-0.15, -0.1) is 0 Å². The van der Waals surface area contributed by atoms with Gasteiger partial charge in [0.15, 0.2) is 0 Å². The van der Waals surface area contributed by atoms with Gasteiger partial charge in [0, 0.05) is 24.8 Å². The molecule has 0 amide bonds. The summed E-state index contributed by atoms with van der Waals surface area (Å²) in [6.45, 7) is 2.08. The van der Waals surface area contributed by atoms with Crippen LogP contribution in [0.4, 0.5) is 0 Å². The molecule has 0 radical (unpaired) electrons. The largest absolute Gasteiger partial charge is 0.501 e. The average molecular weight is 153 g/mol. The minimum Gasteiger partial charge on any atom is -0.501 e. The molecule has 0 bridgehead atoms. The molecule has 0 heterocycles. The van der Waals surface area contributed by atoms with Crippen LogP contribution in [0.25, 0.3) is 0 Å². The van der Waals surface area contributed by atoms with Crippen LogP contribution in [0, 0.1) is 0 Å². The van der Waals surface area contributed by atoms with Gasteiger partial charge in [0.25, 0.3) is 0 Å². The number of hydrogen-bond acceptors (Lipinski definition) is 2. The molecular formula is C9H15NO. The molecule has 0 saturated carbocycles. The highest BCUT2D eigenvalue weighted by Gasteiger charge is 2.14. The van der Waals surface area contributed by atoms with Crippen molar-refractivity contribution in [1.29, 1.82) is 0 Å². The summed E-state index contributed by atoms with van der Waals surface area (Å²) >= 11 is 0. The van der Waals surface area contributed by atoms with Gasteiger partial charge in [0.1, 0.15) is 5.76 Å². The maximum Gasteiger partial charge on any atom is 0.100 e. The lowest BCUT2D eigenvalue weighted by molar-refractivity contribution is 0.270. The fourth-order valence-corrected chi connectivity index (χ4v) is 1.49. The molecule has 11 heavy (non-hydrogen) atoms. The molecule has 1 aliphatic rings. The summed E-state index contributed by atoms with van der Waals surface area (Å²) in [5.41, 5.74) is 2.44. The van der Waals surface area contributed by atoms with Crippen molar-refractivity contribution in [3.63, 3.8) is 0 Å². The second kappa shape index (κ2) is 3.56. The zero-order valence-corrected chi connectivity index (χ0v) is 7.48. The third-order valence-electron chi connectivity index (χ3n) is 2.18. The number of allylic oxidation sites excluding steroid dienone is 2. The first-order valence-electron chi connectivity index (χ1n) is 3.99. The molecule has 62 valence electrons. The van der Waals surface area contributed by atoms with Crippen LogP contribution in [0.15, 0.2) is 16.3 Å². The average Bonchev–Trinajstić information content (AvgIpc) is 2.05. The molecule has 0 atom stereocenters. The van der Waals surface area contributed by atoms with E-state index in [4.69, 9.17) is 4.74 Å². The van der Waals surface area contributed by atoms with Gasteiger partial charge in [-0.3, -0.25) is 4.99 Å². The van der Waals surface area contributed by atoms with E-state index in [0.717, 1.165) is 18.6 Å². The molecule has 0 aromatic heterocycles. The Hall–Kier alpha value is -0.790. The van der Waals surface area contributed by atoms with E-state index in [0.29, 0.717) is 0 Å². The van der Waals surface area contributed by atoms with E-state index in [1.54, 1.807) is 7.11 Å². The van der Waals surface area contributed by atoms with Gasteiger partial charge in [-0.25, -0.2) is 0 Å². The van der Waals surface area contributed by atoms with E-state index in [9.17, 15) is 0 Å². The Morgan fingerprint density at radius 1 is 1.36 bits per heavy atom. The number of methoxy groups -OCH3 is 1. The molecule has 0 saturated heterocycles. The van der Waals surface area contributed by atoms with Crippen LogP contribution < -0.4 is 0 Å². The summed E-state index contributed by atoms with van der Waals surface area (Å²) in [5, 5.41) is 0. The molecule has 0 aromatic carbocycles. The summed E-state index contributed by atoms with van der Waals surface area (Å²) in [7, 11) is 3.58. The zero-order valence-electron chi connectivity index (χ0n) is 7.48. The normalized spacial score (nSPS) is 22.6. The zero-order chi connectivity index (χ0) is 8.27. The number of nitrogens with zero attached hydrogens (tertiary/aromatic N) is 1. The molecule has 2 heteroatoms. The van der Waals surface area contributed by atoms with E-state index in [1.807, 2.05) is 7.05 Å². The maximum absolute atomic E-state index is 5.23. The monoisotopic (exact) mass is 153 g/mol. The van der Waals surface area contributed by atoms with Crippen molar-refractivity contribution in [3.05, 3.63) is 11.3 Å². The molecule has 0 N–H and O–H groups in total. The van der Waals surface area contributed by atoms with Crippen molar-refractivity contribution < 1.29 is 4.74 Å². The van der Waals surface area contributed by atoms with E-state index in [2.05, 4.69) is 11.9 Å². The maximum atomic E-state index is 5.23. The standard InChI is InChI=1S/C9H15NO/c1-7-8(10-2)5-4-6-9(7)11-3/h4-6H2,1-3H3/b10-8-. The number of ether oxygens (including phenoxy) is 1. The lowest BCUT2D eigenvalue weighted by Crippen LogP contribution is -2.10. The van der Waals surface area contributed by atoms with Crippen LogP contribution in [0.5, 0.6) is 0 Å². The number of rotatable bonds is 1. The molecule has 1 rings (SSSR count). The molecule has 0 spiro atoms. The van der Waals surface area contributed by atoms with E-state index >= 15 is 0 Å². The molecule has 0 aromatic rings. The third kappa shape index (κ3) is 1.62. The van der Waals surface area contributed by atoms with Gasteiger partial charge in [0.05, 0.1) is 7.11 Å². The van der Waals surface area contributed by atoms with Crippen LogP contribution >= 0.6 is 0 Å². The van der Waals surface area contributed by atoms with Crippen LogP contribution in [-0.4, -0.2) is 19.9 Å². The summed E-state index contributed by atoms with van der Waals surface area (Å²) in [4.78, 5) is 4.21. The summed E-state index contributed by atoms with van der Waals surface area (Å²) in [5.74, 6) is 1.11. The van der Waals surface area contributed by atoms with Gasteiger partial charge in [0.2, 0.25) is 0 Å². The van der Waals surface area contributed by atoms with E-state index < -0.39 is 0 Å². The van der Waals surface area contributed by atoms with Crippen molar-refractivity contribution in [2.45, 2.75) is 26.2 Å². The van der Waals surface area contributed by atoms with Gasteiger partial charge >= 0.3 is 0 Å². The highest BCUT2D eigenvalue weighted by atomic mass is 16.5. The second-order valence-corrected chi connectivity index (χ2v) is 2.78. The van der Waals surface area contributed by atoms with Crippen molar-refractivity contribution in [2.75, 3.05) is 14.2 Å². The van der Waals surface area contributed by atoms with E-state index in [1.165, 1.54) is 17.7 Å². The van der Waals surface area contributed by atoms with Crippen LogP contribution in [0.1, 0.15) is 26.2 Å². The fourth-order valence-electron chi connectivity index (χ4n) is 1.49. The Morgan fingerprint density at radius 2 is 2.09 bits per heavy atom. The molecule has 0 aliphatic heterocycles. The quantitative estimate of drug-likeness (QED) is 0.565. The number of aliphatic imine (C=N–C) groups is 1. The van der Waals surface area contributed by atoms with Gasteiger partial charge < -0.3 is 4.74 Å². The molecule has 0 fully saturated rings. The summed E-state index contributed by atoms with van der Waals surface area (Å²) in [6, 6.07) is 0. The third-order valence-corrected chi connectivity index (χ3v) is 2.18. The van der Waals surface area contributed by atoms with Crippen LogP contribution in [-0.2, 0) is 4.74 Å². The highest BCUT2D eigenvalue weighted by molar-refractivity contribution is 6.00. The van der Waals surface area contributed by atoms with Crippen molar-refractivity contribution in [1.82, 2.24) is 0 Å². The van der Waals surface area contributed by atoms with Crippen molar-refractivity contribution in [2.24, 2.45) is 4.99 Å². The van der Waals surface area contributed by atoms with Gasteiger partial charge in [-0.2, -0.15) is 0 Å². The van der Waals surface area contributed by atoms with E-state index in [-0.39, 0.29) is 0 Å². The Labute approximate surface area is 68.0 Å². The predicted molar refractivity (Wildman–Crippen MR) is 46.9 cm³/mol. The van der Waals surface area contributed by atoms with Crippen molar-refractivity contribution in [3.8, 4) is 0 Å². The van der Waals surface area contributed by atoms with Crippen molar-refractivity contribution >= 4 is 5.71 Å². The summed E-state index contributed by atoms with van der Waals surface area (Å²) in [6.07, 6.45) is 3.35. The Morgan fingerprint density at radius 3 is 2.64 bits per heavy atom. The minimum absolute atomic E-state index is 1.07. The first-order valence-corrected chi connectivity index (χ1v) is 3.99. The predicted octanol–water partition coefficient (Wildman–Crippen LogP) is 2.16. The summed E-state index contributed by atoms with van der Waals surface area (Å²) < 4.78 is 5.23. The Bertz CT molecular complexity index is 204. The Kier molecular flexibility index (Phi) is 2.69. The molecule has 1 aliphatic carbocycles. The van der Waals surface area contributed by atoms with Crippen LogP contribution in [0.2, 0.25) is 0 Å². The lowest BCUT2D eigenvalue weighted by atomic mass is 9.97. The SMILES string of the molecule is C/N=C1/CCCC(OC)=C1C. The lowest BCUT2D eigenvalue weighted by Gasteiger charge is -2.17. The highest BCUT2D eigenvalue weighted by Crippen LogP contribution is 2.22.